The smallest absolute Gasteiger partial charge is 0.227 e. The molecule has 11 aromatic rings. The van der Waals surface area contributed by atoms with E-state index in [-0.39, 0.29) is 0 Å². The average Bonchev–Trinajstić information content (AvgIpc) is 3.91. The zero-order chi connectivity index (χ0) is 37.0. The van der Waals surface area contributed by atoms with Crippen molar-refractivity contribution in [1.82, 2.24) is 15.0 Å². The van der Waals surface area contributed by atoms with Gasteiger partial charge in [0.2, 0.25) is 11.8 Å². The maximum atomic E-state index is 6.13. The maximum absolute atomic E-state index is 6.13. The van der Waals surface area contributed by atoms with E-state index in [0.29, 0.717) is 11.8 Å². The fraction of sp³-hybridized carbons (Fsp3) is 0. The van der Waals surface area contributed by atoms with Gasteiger partial charge in [0.1, 0.15) is 11.0 Å². The van der Waals surface area contributed by atoms with Crippen LogP contribution < -0.4 is 0 Å². The third-order valence-electron chi connectivity index (χ3n) is 10.5. The molecule has 56 heavy (non-hydrogen) atoms. The Kier molecular flexibility index (Phi) is 7.42. The highest BCUT2D eigenvalue weighted by atomic mass is 16.4. The van der Waals surface area contributed by atoms with Crippen LogP contribution in [0.1, 0.15) is 0 Å². The number of nitrogens with zero attached hydrogens (tertiary/aromatic N) is 3. The van der Waals surface area contributed by atoms with E-state index in [1.54, 1.807) is 0 Å². The maximum Gasteiger partial charge on any atom is 0.227 e. The number of benzene rings is 8. The molecule has 0 atom stereocenters. The summed E-state index contributed by atoms with van der Waals surface area (Å²) < 4.78 is 12.3. The Hall–Kier alpha value is -7.63. The van der Waals surface area contributed by atoms with Crippen molar-refractivity contribution < 1.29 is 8.83 Å². The van der Waals surface area contributed by atoms with Gasteiger partial charge < -0.3 is 8.83 Å². The van der Waals surface area contributed by atoms with E-state index in [9.17, 15) is 0 Å². The molecule has 5 heteroatoms. The number of hydrogen-bond donors (Lipinski definition) is 0. The van der Waals surface area contributed by atoms with Crippen molar-refractivity contribution in [3.8, 4) is 67.7 Å². The lowest BCUT2D eigenvalue weighted by molar-refractivity contribution is 0.619. The third-order valence-corrected chi connectivity index (χ3v) is 10.5. The van der Waals surface area contributed by atoms with Crippen LogP contribution in [-0.4, -0.2) is 15.0 Å². The molecule has 0 unspecified atom stereocenters. The molecule has 0 fully saturated rings. The van der Waals surface area contributed by atoms with Crippen molar-refractivity contribution in [2.75, 3.05) is 0 Å². The molecule has 0 amide bonds. The van der Waals surface area contributed by atoms with Crippen molar-refractivity contribution in [1.29, 1.82) is 0 Å². The Morgan fingerprint density at radius 1 is 0.286 bits per heavy atom. The largest absolute Gasteiger partial charge is 0.436 e. The molecule has 0 spiro atoms. The molecule has 0 aliphatic heterocycles. The van der Waals surface area contributed by atoms with Gasteiger partial charge in [0.05, 0.1) is 11.4 Å². The van der Waals surface area contributed by atoms with Crippen molar-refractivity contribution in [2.45, 2.75) is 0 Å². The molecule has 0 aliphatic carbocycles. The molecule has 0 N–H and O–H groups in total. The minimum Gasteiger partial charge on any atom is -0.436 e. The summed E-state index contributed by atoms with van der Waals surface area (Å²) in [5.41, 5.74) is 13.0. The minimum atomic E-state index is 0.594. The number of aromatic nitrogens is 3. The molecule has 0 radical (unpaired) electrons. The van der Waals surface area contributed by atoms with Gasteiger partial charge in [0, 0.05) is 33.4 Å². The number of rotatable bonds is 6. The second-order valence-electron chi connectivity index (χ2n) is 14.0. The van der Waals surface area contributed by atoms with E-state index in [2.05, 4.69) is 140 Å². The van der Waals surface area contributed by atoms with E-state index >= 15 is 0 Å². The van der Waals surface area contributed by atoms with Crippen molar-refractivity contribution in [3.63, 3.8) is 0 Å². The van der Waals surface area contributed by atoms with Crippen LogP contribution in [0.3, 0.4) is 0 Å². The summed E-state index contributed by atoms with van der Waals surface area (Å²) in [6, 6.07) is 65.0. The molecule has 0 aliphatic rings. The van der Waals surface area contributed by atoms with E-state index in [1.807, 2.05) is 48.5 Å². The van der Waals surface area contributed by atoms with Gasteiger partial charge in [-0.05, 0) is 99.4 Å². The lowest BCUT2D eigenvalue weighted by atomic mass is 9.90. The van der Waals surface area contributed by atoms with Gasteiger partial charge in [0.15, 0.2) is 11.2 Å². The third kappa shape index (κ3) is 5.62. The summed E-state index contributed by atoms with van der Waals surface area (Å²) in [6.07, 6.45) is 0. The summed E-state index contributed by atoms with van der Waals surface area (Å²) in [7, 11) is 0. The van der Waals surface area contributed by atoms with E-state index in [4.69, 9.17) is 23.8 Å². The Morgan fingerprint density at radius 2 is 0.661 bits per heavy atom. The first kappa shape index (κ1) is 31.9. The Balaban J connectivity index is 1.11. The summed E-state index contributed by atoms with van der Waals surface area (Å²) >= 11 is 0. The predicted molar refractivity (Wildman–Crippen MR) is 227 cm³/mol. The molecule has 0 bridgehead atoms. The summed E-state index contributed by atoms with van der Waals surface area (Å²) in [4.78, 5) is 15.1. The van der Waals surface area contributed by atoms with Crippen molar-refractivity contribution in [2.24, 2.45) is 0 Å². The average molecular weight is 718 g/mol. The van der Waals surface area contributed by atoms with Crippen LogP contribution in [0, 0.1) is 0 Å². The van der Waals surface area contributed by atoms with Gasteiger partial charge in [-0.15, -0.1) is 0 Å². The van der Waals surface area contributed by atoms with Crippen LogP contribution in [-0.2, 0) is 0 Å². The summed E-state index contributed by atoms with van der Waals surface area (Å²) in [5.74, 6) is 1.19. The number of pyridine rings is 1. The van der Waals surface area contributed by atoms with Gasteiger partial charge in [-0.25, -0.2) is 15.0 Å². The van der Waals surface area contributed by atoms with Crippen LogP contribution in [0.2, 0.25) is 0 Å². The zero-order valence-corrected chi connectivity index (χ0v) is 30.1. The highest BCUT2D eigenvalue weighted by molar-refractivity contribution is 5.96. The van der Waals surface area contributed by atoms with Crippen LogP contribution in [0.5, 0.6) is 0 Å². The van der Waals surface area contributed by atoms with Gasteiger partial charge >= 0.3 is 0 Å². The molecule has 11 rings (SSSR count). The van der Waals surface area contributed by atoms with Crippen LogP contribution in [0.15, 0.2) is 197 Å². The zero-order valence-electron chi connectivity index (χ0n) is 30.1. The fourth-order valence-corrected chi connectivity index (χ4v) is 7.64. The second-order valence-corrected chi connectivity index (χ2v) is 14.0. The molecule has 8 aromatic carbocycles. The number of oxazole rings is 2. The first-order chi connectivity index (χ1) is 27.7. The monoisotopic (exact) mass is 717 g/mol. The number of fused-ring (bicyclic) bond motifs is 4. The van der Waals surface area contributed by atoms with Gasteiger partial charge in [-0.1, -0.05) is 121 Å². The standard InChI is InChI=1S/C51H31N3O2/c1-3-11-38-29-40(27-17-32(38)9-1)48-42(34-19-23-36(24-20-34)50-52-44-13-5-7-15-46(44)55-50)31-43(49(54-48)41-28-18-33-10-2-4-12-39(33)30-41)35-21-25-37(26-22-35)51-53-45-14-6-8-16-47(45)56-51/h1-31H. The van der Waals surface area contributed by atoms with Crippen LogP contribution in [0.4, 0.5) is 0 Å². The summed E-state index contributed by atoms with van der Waals surface area (Å²) in [5, 5.41) is 4.70. The van der Waals surface area contributed by atoms with E-state index in [1.165, 1.54) is 10.8 Å². The van der Waals surface area contributed by atoms with Gasteiger partial charge in [-0.2, -0.15) is 0 Å². The van der Waals surface area contributed by atoms with Crippen molar-refractivity contribution in [3.05, 3.63) is 188 Å². The summed E-state index contributed by atoms with van der Waals surface area (Å²) in [6.45, 7) is 0. The molecule has 262 valence electrons. The molecule has 0 saturated carbocycles. The minimum absolute atomic E-state index is 0.594. The fourth-order valence-electron chi connectivity index (χ4n) is 7.64. The number of hydrogen-bond acceptors (Lipinski definition) is 5. The van der Waals surface area contributed by atoms with Crippen LogP contribution in [0.25, 0.3) is 111 Å². The Labute approximate surface area is 322 Å². The SMILES string of the molecule is c1ccc2cc(-c3nc(-c4ccc5ccccc5c4)c(-c4ccc(-c5nc6ccccc6o5)cc4)cc3-c3ccc(-c4nc5ccccc5o4)cc3)ccc2c1. The predicted octanol–water partition coefficient (Wildman–Crippen LogP) is 13.7. The molecule has 0 saturated heterocycles. The first-order valence-electron chi connectivity index (χ1n) is 18.7. The first-order valence-corrected chi connectivity index (χ1v) is 18.7. The normalized spacial score (nSPS) is 11.6. The van der Waals surface area contributed by atoms with Gasteiger partial charge in [0.25, 0.3) is 0 Å². The molecule has 5 nitrogen and oxygen atoms in total. The van der Waals surface area contributed by atoms with Gasteiger partial charge in [-0.3, -0.25) is 0 Å². The topological polar surface area (TPSA) is 65.0 Å². The lowest BCUT2D eigenvalue weighted by Gasteiger charge is -2.18. The van der Waals surface area contributed by atoms with Crippen molar-refractivity contribution >= 4 is 43.7 Å². The molecular weight excluding hydrogens is 687 g/mol. The quantitative estimate of drug-likeness (QED) is 0.171. The lowest BCUT2D eigenvalue weighted by Crippen LogP contribution is -1.97. The highest BCUT2D eigenvalue weighted by Crippen LogP contribution is 2.42. The Bertz CT molecular complexity index is 2970. The second kappa shape index (κ2) is 13.0. The van der Waals surface area contributed by atoms with E-state index in [0.717, 1.165) is 88.9 Å². The number of para-hydroxylation sites is 4. The highest BCUT2D eigenvalue weighted by Gasteiger charge is 2.20. The van der Waals surface area contributed by atoms with Crippen LogP contribution >= 0.6 is 0 Å². The molecule has 3 heterocycles. The Morgan fingerprint density at radius 3 is 1.11 bits per heavy atom. The van der Waals surface area contributed by atoms with E-state index < -0.39 is 0 Å². The molecular formula is C51H31N3O2. The molecule has 3 aromatic heterocycles.